The maximum atomic E-state index is 12.8. The fourth-order valence-electron chi connectivity index (χ4n) is 2.83. The van der Waals surface area contributed by atoms with Gasteiger partial charge in [-0.05, 0) is 24.1 Å². The van der Waals surface area contributed by atoms with Gasteiger partial charge >= 0.3 is 0 Å². The highest BCUT2D eigenvalue weighted by Crippen LogP contribution is 2.16. The summed E-state index contributed by atoms with van der Waals surface area (Å²) >= 11 is 0. The Labute approximate surface area is 155 Å². The first-order valence-electron chi connectivity index (χ1n) is 9.05. The Morgan fingerprint density at radius 3 is 2.77 bits per heavy atom. The number of nitrogens with one attached hydrogen (secondary N) is 1. The van der Waals surface area contributed by atoms with Crippen molar-refractivity contribution in [3.05, 3.63) is 42.0 Å². The Morgan fingerprint density at radius 1 is 1.38 bits per heavy atom. The molecule has 0 saturated heterocycles. The molecule has 2 N–H and O–H groups in total. The Hall–Kier alpha value is -2.34. The van der Waals surface area contributed by atoms with E-state index in [9.17, 15) is 14.7 Å². The van der Waals surface area contributed by atoms with Crippen molar-refractivity contribution in [2.75, 3.05) is 32.1 Å². The Kier molecular flexibility index (Phi) is 6.80. The minimum Gasteiger partial charge on any atom is -0.383 e. The van der Waals surface area contributed by atoms with Crippen LogP contribution in [0.25, 0.3) is 0 Å². The van der Waals surface area contributed by atoms with Gasteiger partial charge in [0.05, 0.1) is 6.04 Å². The van der Waals surface area contributed by atoms with Crippen molar-refractivity contribution >= 4 is 17.5 Å². The van der Waals surface area contributed by atoms with Gasteiger partial charge in [0.25, 0.3) is 5.91 Å². The average molecular weight is 359 g/mol. The number of rotatable bonds is 6. The zero-order valence-corrected chi connectivity index (χ0v) is 16.0. The maximum Gasteiger partial charge on any atom is 0.254 e. The van der Waals surface area contributed by atoms with Gasteiger partial charge in [0.2, 0.25) is 5.91 Å². The fraction of sp³-hybridized carbons (Fsp3) is 0.500. The van der Waals surface area contributed by atoms with Crippen LogP contribution in [0.1, 0.15) is 30.6 Å². The van der Waals surface area contributed by atoms with Crippen molar-refractivity contribution in [2.24, 2.45) is 5.92 Å². The molecular formula is C20H29N3O3. The molecule has 6 heteroatoms. The largest absolute Gasteiger partial charge is 0.383 e. The summed E-state index contributed by atoms with van der Waals surface area (Å²) in [6.07, 6.45) is 3.44. The van der Waals surface area contributed by atoms with Crippen LogP contribution in [0.15, 0.2) is 36.4 Å². The number of carbonyl (C=O) groups excluding carboxylic acids is 2. The number of carbonyl (C=O) groups is 2. The lowest BCUT2D eigenvalue weighted by atomic mass is 10.0. The van der Waals surface area contributed by atoms with Crippen LogP contribution >= 0.6 is 0 Å². The maximum absolute atomic E-state index is 12.8. The zero-order chi connectivity index (χ0) is 19.3. The molecule has 0 bridgehead atoms. The Morgan fingerprint density at radius 2 is 2.12 bits per heavy atom. The van der Waals surface area contributed by atoms with Gasteiger partial charge < -0.3 is 20.2 Å². The molecule has 1 aromatic rings. The Balaban J connectivity index is 2.02. The number of hydrogen-bond acceptors (Lipinski definition) is 4. The second kappa shape index (κ2) is 8.85. The molecule has 0 fully saturated rings. The van der Waals surface area contributed by atoms with E-state index in [2.05, 4.69) is 5.32 Å². The monoisotopic (exact) mass is 359 g/mol. The third-order valence-electron chi connectivity index (χ3n) is 4.79. The summed E-state index contributed by atoms with van der Waals surface area (Å²) in [4.78, 5) is 28.6. The first-order valence-corrected chi connectivity index (χ1v) is 9.05. The van der Waals surface area contributed by atoms with E-state index in [0.29, 0.717) is 18.7 Å². The number of benzene rings is 1. The van der Waals surface area contributed by atoms with Crippen molar-refractivity contribution in [2.45, 2.75) is 32.4 Å². The van der Waals surface area contributed by atoms with Crippen LogP contribution in [0.2, 0.25) is 0 Å². The molecule has 0 saturated carbocycles. The lowest BCUT2D eigenvalue weighted by molar-refractivity contribution is -0.132. The molecule has 6 nitrogen and oxygen atoms in total. The minimum absolute atomic E-state index is 0.0697. The number of nitrogens with zero attached hydrogens (tertiary/aromatic N) is 2. The molecule has 142 valence electrons. The first-order chi connectivity index (χ1) is 12.3. The van der Waals surface area contributed by atoms with E-state index in [1.807, 2.05) is 63.2 Å². The molecule has 1 heterocycles. The molecule has 2 amide bonds. The van der Waals surface area contributed by atoms with E-state index in [-0.39, 0.29) is 17.9 Å². The topological polar surface area (TPSA) is 72.9 Å². The summed E-state index contributed by atoms with van der Waals surface area (Å²) < 4.78 is 0. The summed E-state index contributed by atoms with van der Waals surface area (Å²) in [7, 11) is 3.86. The van der Waals surface area contributed by atoms with E-state index < -0.39 is 12.0 Å². The standard InChI is InChI=1S/C20H29N3O3/c1-5-14(2)18(24)19(25)21-16-9-7-11-23(13-16)20(26)15-8-6-10-17(12-15)22(3)4/h6-10,12,14,16,18,24H,5,11,13H2,1-4H3,(H,21,25)/t14-,16?,18-/m0/s1. The van der Waals surface area contributed by atoms with E-state index in [1.165, 1.54) is 0 Å². The summed E-state index contributed by atoms with van der Waals surface area (Å²) in [5.74, 6) is -0.563. The molecule has 26 heavy (non-hydrogen) atoms. The van der Waals surface area contributed by atoms with Gasteiger partial charge in [-0.1, -0.05) is 38.5 Å². The molecule has 1 aliphatic rings. The number of anilines is 1. The molecule has 0 radical (unpaired) electrons. The van der Waals surface area contributed by atoms with Crippen molar-refractivity contribution in [3.63, 3.8) is 0 Å². The molecule has 3 atom stereocenters. The molecule has 0 spiro atoms. The molecule has 1 aliphatic heterocycles. The molecule has 1 aromatic carbocycles. The second-order valence-corrected chi connectivity index (χ2v) is 7.03. The van der Waals surface area contributed by atoms with Crippen LogP contribution in [0.5, 0.6) is 0 Å². The summed E-state index contributed by atoms with van der Waals surface area (Å²) in [5.41, 5.74) is 1.58. The minimum atomic E-state index is -1.03. The van der Waals surface area contributed by atoms with E-state index in [4.69, 9.17) is 0 Å². The van der Waals surface area contributed by atoms with Crippen LogP contribution in [-0.4, -0.2) is 61.2 Å². The summed E-state index contributed by atoms with van der Waals surface area (Å²) in [6, 6.07) is 7.18. The van der Waals surface area contributed by atoms with Gasteiger partial charge in [0, 0.05) is 38.4 Å². The Bertz CT molecular complexity index is 672. The fourth-order valence-corrected chi connectivity index (χ4v) is 2.83. The van der Waals surface area contributed by atoms with Crippen LogP contribution in [0.4, 0.5) is 5.69 Å². The van der Waals surface area contributed by atoms with Crippen LogP contribution in [0, 0.1) is 5.92 Å². The third kappa shape index (κ3) is 4.85. The zero-order valence-electron chi connectivity index (χ0n) is 16.0. The molecular weight excluding hydrogens is 330 g/mol. The molecule has 1 unspecified atom stereocenters. The predicted octanol–water partition coefficient (Wildman–Crippen LogP) is 1.66. The average Bonchev–Trinajstić information content (AvgIpc) is 2.66. The van der Waals surface area contributed by atoms with Crippen LogP contribution in [0.3, 0.4) is 0 Å². The lowest BCUT2D eigenvalue weighted by Crippen LogP contribution is -2.50. The highest BCUT2D eigenvalue weighted by molar-refractivity contribution is 5.95. The third-order valence-corrected chi connectivity index (χ3v) is 4.79. The van der Waals surface area contributed by atoms with Gasteiger partial charge in [-0.2, -0.15) is 0 Å². The molecule has 2 rings (SSSR count). The van der Waals surface area contributed by atoms with Crippen molar-refractivity contribution in [1.29, 1.82) is 0 Å². The van der Waals surface area contributed by atoms with Crippen molar-refractivity contribution in [3.8, 4) is 0 Å². The van der Waals surface area contributed by atoms with Gasteiger partial charge in [0.15, 0.2) is 0 Å². The normalized spacial score (nSPS) is 19.0. The molecule has 0 aromatic heterocycles. The van der Waals surface area contributed by atoms with Gasteiger partial charge in [0.1, 0.15) is 6.10 Å². The highest BCUT2D eigenvalue weighted by Gasteiger charge is 2.26. The van der Waals surface area contributed by atoms with Gasteiger partial charge in [-0.25, -0.2) is 0 Å². The van der Waals surface area contributed by atoms with Crippen molar-refractivity contribution in [1.82, 2.24) is 10.2 Å². The van der Waals surface area contributed by atoms with E-state index in [0.717, 1.165) is 12.1 Å². The first kappa shape index (κ1) is 20.0. The number of aliphatic hydroxyl groups is 1. The van der Waals surface area contributed by atoms with Crippen LogP contribution in [-0.2, 0) is 4.79 Å². The van der Waals surface area contributed by atoms with Gasteiger partial charge in [-0.3, -0.25) is 9.59 Å². The van der Waals surface area contributed by atoms with Crippen molar-refractivity contribution < 1.29 is 14.7 Å². The lowest BCUT2D eigenvalue weighted by Gasteiger charge is -2.30. The predicted molar refractivity (Wildman–Crippen MR) is 103 cm³/mol. The summed E-state index contributed by atoms with van der Waals surface area (Å²) in [5, 5.41) is 12.9. The highest BCUT2D eigenvalue weighted by atomic mass is 16.3. The van der Waals surface area contributed by atoms with E-state index >= 15 is 0 Å². The second-order valence-electron chi connectivity index (χ2n) is 7.03. The molecule has 0 aliphatic carbocycles. The SMILES string of the molecule is CC[C@H](C)[C@H](O)C(=O)NC1C=CCN(C(=O)c2cccc(N(C)C)c2)C1. The number of aliphatic hydroxyl groups excluding tert-OH is 1. The number of amides is 2. The van der Waals surface area contributed by atoms with Gasteiger partial charge in [-0.15, -0.1) is 0 Å². The number of hydrogen-bond donors (Lipinski definition) is 2. The smallest absolute Gasteiger partial charge is 0.254 e. The summed E-state index contributed by atoms with van der Waals surface area (Å²) in [6.45, 7) is 4.67. The quantitative estimate of drug-likeness (QED) is 0.758. The van der Waals surface area contributed by atoms with E-state index in [1.54, 1.807) is 11.0 Å². The van der Waals surface area contributed by atoms with Crippen LogP contribution < -0.4 is 10.2 Å².